The highest BCUT2D eigenvalue weighted by Gasteiger charge is 2.28. The van der Waals surface area contributed by atoms with E-state index >= 15 is 0 Å². The zero-order valence-electron chi connectivity index (χ0n) is 14.5. The Morgan fingerprint density at radius 2 is 1.96 bits per heavy atom. The number of nitrogens with one attached hydrogen (secondary N) is 2. The summed E-state index contributed by atoms with van der Waals surface area (Å²) in [7, 11) is 1.18. The van der Waals surface area contributed by atoms with Gasteiger partial charge in [-0.3, -0.25) is 14.9 Å². The van der Waals surface area contributed by atoms with Gasteiger partial charge in [0.05, 0.1) is 18.4 Å². The molecule has 2 aromatic rings. The van der Waals surface area contributed by atoms with Crippen LogP contribution in [0, 0.1) is 5.82 Å². The van der Waals surface area contributed by atoms with Crippen LogP contribution < -0.4 is 10.6 Å². The second-order valence-corrected chi connectivity index (χ2v) is 7.95. The van der Waals surface area contributed by atoms with Crippen molar-refractivity contribution in [3.8, 4) is 0 Å². The minimum Gasteiger partial charge on any atom is -0.453 e. The molecule has 142 valence electrons. The van der Waals surface area contributed by atoms with Crippen molar-refractivity contribution in [2.75, 3.05) is 18.2 Å². The van der Waals surface area contributed by atoms with Crippen LogP contribution in [0.15, 0.2) is 29.2 Å². The number of alkyl carbamates (subject to hydrolysis) is 1. The van der Waals surface area contributed by atoms with Crippen molar-refractivity contribution in [2.45, 2.75) is 24.2 Å². The number of carbonyl (C=O) groups excluding carboxylic acids is 3. The number of aryl methyl sites for hydroxylation is 1. The molecule has 1 heterocycles. The van der Waals surface area contributed by atoms with Gasteiger partial charge >= 0.3 is 6.09 Å². The second kappa shape index (κ2) is 8.53. The fourth-order valence-electron chi connectivity index (χ4n) is 2.78. The van der Waals surface area contributed by atoms with Gasteiger partial charge in [0.2, 0.25) is 5.91 Å². The highest BCUT2D eigenvalue weighted by atomic mass is 32.2. The molecule has 6 nitrogen and oxygen atoms in total. The number of thioether (sulfide) groups is 1. The molecule has 0 radical (unpaired) electrons. The number of hydrogen-bond donors (Lipinski definition) is 2. The standard InChI is InChI=1S/C18H17FN2O4S2/c1-25-18(24)21-16(23)15-12-3-2-4-13(12)27-17(15)20-14(22)9-26-11-7-5-10(19)6-8-11/h5-8H,2-4,9H2,1H3,(H,20,22)(H,21,23,24). The molecule has 1 aliphatic rings. The summed E-state index contributed by atoms with van der Waals surface area (Å²) in [5, 5.41) is 5.35. The number of rotatable bonds is 5. The Morgan fingerprint density at radius 3 is 2.67 bits per heavy atom. The summed E-state index contributed by atoms with van der Waals surface area (Å²) in [5.41, 5.74) is 1.21. The average molecular weight is 408 g/mol. The lowest BCUT2D eigenvalue weighted by atomic mass is 10.1. The van der Waals surface area contributed by atoms with E-state index in [1.165, 1.54) is 42.3 Å². The van der Waals surface area contributed by atoms with E-state index in [0.717, 1.165) is 34.6 Å². The van der Waals surface area contributed by atoms with Crippen LogP contribution in [0.4, 0.5) is 14.2 Å². The van der Waals surface area contributed by atoms with Crippen molar-refractivity contribution in [1.29, 1.82) is 0 Å². The number of ether oxygens (including phenoxy) is 1. The Balaban J connectivity index is 1.70. The first kappa shape index (κ1) is 19.4. The van der Waals surface area contributed by atoms with Crippen molar-refractivity contribution < 1.29 is 23.5 Å². The zero-order valence-corrected chi connectivity index (χ0v) is 16.1. The predicted octanol–water partition coefficient (Wildman–Crippen LogP) is 3.60. The van der Waals surface area contributed by atoms with Gasteiger partial charge < -0.3 is 10.1 Å². The number of amides is 3. The van der Waals surface area contributed by atoms with E-state index in [9.17, 15) is 18.8 Å². The first-order chi connectivity index (χ1) is 13.0. The number of methoxy groups -OCH3 is 1. The minimum atomic E-state index is -0.845. The van der Waals surface area contributed by atoms with Gasteiger partial charge in [0.1, 0.15) is 10.8 Å². The van der Waals surface area contributed by atoms with Crippen LogP contribution in [0.25, 0.3) is 0 Å². The van der Waals surface area contributed by atoms with Crippen molar-refractivity contribution >= 4 is 46.0 Å². The number of benzene rings is 1. The molecule has 1 aromatic heterocycles. The molecule has 0 atom stereocenters. The van der Waals surface area contributed by atoms with Gasteiger partial charge in [-0.2, -0.15) is 0 Å². The Hall–Kier alpha value is -2.39. The van der Waals surface area contributed by atoms with Crippen molar-refractivity contribution in [1.82, 2.24) is 5.32 Å². The molecule has 0 saturated carbocycles. The van der Waals surface area contributed by atoms with Crippen LogP contribution in [0.1, 0.15) is 27.2 Å². The van der Waals surface area contributed by atoms with E-state index in [2.05, 4.69) is 15.4 Å². The van der Waals surface area contributed by atoms with Crippen LogP contribution in [0.5, 0.6) is 0 Å². The normalized spacial score (nSPS) is 12.4. The molecule has 2 N–H and O–H groups in total. The van der Waals surface area contributed by atoms with E-state index in [4.69, 9.17) is 0 Å². The topological polar surface area (TPSA) is 84.5 Å². The van der Waals surface area contributed by atoms with Crippen LogP contribution >= 0.6 is 23.1 Å². The quantitative estimate of drug-likeness (QED) is 0.739. The third-order valence-corrected chi connectivity index (χ3v) is 6.21. The molecule has 0 unspecified atom stereocenters. The number of thiophene rings is 1. The summed E-state index contributed by atoms with van der Waals surface area (Å²) >= 11 is 2.63. The molecule has 0 spiro atoms. The van der Waals surface area contributed by atoms with Crippen molar-refractivity contribution in [3.63, 3.8) is 0 Å². The largest absolute Gasteiger partial charge is 0.453 e. The Morgan fingerprint density at radius 1 is 1.22 bits per heavy atom. The number of anilines is 1. The molecule has 0 aliphatic heterocycles. The molecule has 3 rings (SSSR count). The molecule has 0 fully saturated rings. The third-order valence-electron chi connectivity index (χ3n) is 3.99. The van der Waals surface area contributed by atoms with Crippen molar-refractivity contribution in [3.05, 3.63) is 46.1 Å². The first-order valence-corrected chi connectivity index (χ1v) is 10.00. The fourth-order valence-corrected chi connectivity index (χ4v) is 4.78. The zero-order chi connectivity index (χ0) is 19.4. The van der Waals surface area contributed by atoms with Gasteiger partial charge in [0.15, 0.2) is 0 Å². The van der Waals surface area contributed by atoms with Gasteiger partial charge in [-0.25, -0.2) is 9.18 Å². The van der Waals surface area contributed by atoms with Gasteiger partial charge in [-0.05, 0) is 49.1 Å². The summed E-state index contributed by atoms with van der Waals surface area (Å²) < 4.78 is 17.4. The van der Waals surface area contributed by atoms with Gasteiger partial charge in [0.25, 0.3) is 5.91 Å². The monoisotopic (exact) mass is 408 g/mol. The summed E-state index contributed by atoms with van der Waals surface area (Å²) in [6.45, 7) is 0. The van der Waals surface area contributed by atoms with E-state index in [0.29, 0.717) is 10.6 Å². The van der Waals surface area contributed by atoms with Gasteiger partial charge in [0, 0.05) is 9.77 Å². The SMILES string of the molecule is COC(=O)NC(=O)c1c(NC(=O)CSc2ccc(F)cc2)sc2c1CCC2. The Kier molecular flexibility index (Phi) is 6.12. The number of halogens is 1. The number of carbonyl (C=O) groups is 3. The lowest BCUT2D eigenvalue weighted by molar-refractivity contribution is -0.113. The molecule has 3 amide bonds. The third kappa shape index (κ3) is 4.67. The molecule has 0 saturated heterocycles. The first-order valence-electron chi connectivity index (χ1n) is 8.20. The van der Waals surface area contributed by atoms with Crippen molar-refractivity contribution in [2.24, 2.45) is 0 Å². The van der Waals surface area contributed by atoms with E-state index in [1.54, 1.807) is 12.1 Å². The molecular weight excluding hydrogens is 391 g/mol. The number of hydrogen-bond acceptors (Lipinski definition) is 6. The number of imide groups is 1. The molecule has 9 heteroatoms. The molecule has 0 bridgehead atoms. The Bertz CT molecular complexity index is 880. The highest BCUT2D eigenvalue weighted by Crippen LogP contribution is 2.39. The summed E-state index contributed by atoms with van der Waals surface area (Å²) in [6.07, 6.45) is 1.67. The van der Waals surface area contributed by atoms with E-state index in [1.807, 2.05) is 0 Å². The van der Waals surface area contributed by atoms with E-state index < -0.39 is 12.0 Å². The lowest BCUT2D eigenvalue weighted by Gasteiger charge is -2.08. The second-order valence-electron chi connectivity index (χ2n) is 5.80. The maximum Gasteiger partial charge on any atom is 0.413 e. The van der Waals surface area contributed by atoms with Gasteiger partial charge in [-0.1, -0.05) is 0 Å². The molecule has 1 aromatic carbocycles. The summed E-state index contributed by atoms with van der Waals surface area (Å²) in [4.78, 5) is 37.9. The van der Waals surface area contributed by atoms with E-state index in [-0.39, 0.29) is 17.5 Å². The number of fused-ring (bicyclic) bond motifs is 1. The molecule has 1 aliphatic carbocycles. The average Bonchev–Trinajstić information content (AvgIpc) is 3.21. The van der Waals surface area contributed by atoms with Crippen LogP contribution in [0.3, 0.4) is 0 Å². The predicted molar refractivity (Wildman–Crippen MR) is 102 cm³/mol. The smallest absolute Gasteiger partial charge is 0.413 e. The highest BCUT2D eigenvalue weighted by molar-refractivity contribution is 8.00. The molecular formula is C18H17FN2O4S2. The minimum absolute atomic E-state index is 0.117. The maximum absolute atomic E-state index is 12.9. The van der Waals surface area contributed by atoms with Crippen LogP contribution in [-0.2, 0) is 22.4 Å². The van der Waals surface area contributed by atoms with Crippen LogP contribution in [0.2, 0.25) is 0 Å². The fraction of sp³-hybridized carbons (Fsp3) is 0.278. The Labute approximate surface area is 163 Å². The van der Waals surface area contributed by atoms with Gasteiger partial charge in [-0.15, -0.1) is 23.1 Å². The maximum atomic E-state index is 12.9. The molecule has 27 heavy (non-hydrogen) atoms. The summed E-state index contributed by atoms with van der Waals surface area (Å²) in [5.74, 6) is -1.08. The summed E-state index contributed by atoms with van der Waals surface area (Å²) in [6, 6.07) is 5.86. The van der Waals surface area contributed by atoms with Crippen LogP contribution in [-0.4, -0.2) is 30.8 Å². The lowest BCUT2D eigenvalue weighted by Crippen LogP contribution is -2.31.